The van der Waals surface area contributed by atoms with Gasteiger partial charge in [0.1, 0.15) is 36.0 Å². The van der Waals surface area contributed by atoms with Crippen LogP contribution >= 0.6 is 11.8 Å². The number of esters is 4. The number of hydrogen-bond donors (Lipinski definition) is 7. The lowest BCUT2D eigenvalue weighted by Gasteiger charge is -2.35. The van der Waals surface area contributed by atoms with Crippen molar-refractivity contribution in [1.29, 1.82) is 0 Å². The molecule has 8 N–H and O–H groups in total. The highest BCUT2D eigenvalue weighted by atomic mass is 32.2. The van der Waals surface area contributed by atoms with E-state index in [9.17, 15) is 47.9 Å². The van der Waals surface area contributed by atoms with Gasteiger partial charge in [-0.05, 0) is 116 Å². The predicted octanol–water partition coefficient (Wildman–Crippen LogP) is 11.1. The SMILES string of the molecule is CCCCCCCCCCCCCCCC(=O)OC[C@H](CSC[C@@H](N)C(=O)NCC(=O)NCC(=O)NCC(=O)N[C@@H](CCC(=O)OC(C)(C)C)C(=O)N[C@H](C(=O)N[C@H](C(=O)OC(C)(C)C)[C@@H](C)OC(C)(C)C)[C@@H](C)OC(C)(C)C)OC(=O)CCCCCCCCCCCCCCC. The lowest BCUT2D eigenvalue weighted by Crippen LogP contribution is -2.62. The Labute approximate surface area is 588 Å². The van der Waals surface area contributed by atoms with Crippen LogP contribution in [0, 0.1) is 0 Å². The first-order valence-electron chi connectivity index (χ1n) is 36.7. The molecule has 0 aliphatic heterocycles. The first kappa shape index (κ1) is 91.9. The summed E-state index contributed by atoms with van der Waals surface area (Å²) < 4.78 is 34.7. The molecule has 6 amide bonds. The van der Waals surface area contributed by atoms with Crippen LogP contribution in [0.3, 0.4) is 0 Å². The van der Waals surface area contributed by atoms with Gasteiger partial charge in [0.25, 0.3) is 0 Å². The van der Waals surface area contributed by atoms with E-state index in [2.05, 4.69) is 45.7 Å². The van der Waals surface area contributed by atoms with Gasteiger partial charge < -0.3 is 66.1 Å². The average molecular weight is 1400 g/mol. The van der Waals surface area contributed by atoms with Gasteiger partial charge in [0.15, 0.2) is 6.04 Å². The van der Waals surface area contributed by atoms with Crippen molar-refractivity contribution in [2.45, 2.75) is 368 Å². The van der Waals surface area contributed by atoms with Gasteiger partial charge in [0.05, 0.1) is 49.1 Å². The molecule has 97 heavy (non-hydrogen) atoms. The Balaban J connectivity index is 5.67. The standard InChI is InChI=1S/C73H135N7O16S/c1-17-19-21-23-25-27-29-31-33-35-37-39-41-43-61(84)91-50-55(92-62(85)44-42-40-38-36-34-32-30-28-26-24-22-20-18-2)51-97-52-56(74)66(87)77-48-59(82)75-47-58(81)76-49-60(83)78-57(45-46-63(86)95-72(11,12)13)67(88)79-64(53(3)93-70(5,6)7)68(89)80-65(54(4)94-71(8,9)10)69(90)96-73(14,15)16/h53-57,64-65H,17-52,74H2,1-16H3,(H,75,82)(H,76,81)(H,77,87)(H,78,83)(H,79,88)(H,80,89)/t53-,54-,55-,56-,57+,64+,65+/m1/s1. The fourth-order valence-electron chi connectivity index (χ4n) is 10.4. The van der Waals surface area contributed by atoms with Crippen molar-refractivity contribution in [3.8, 4) is 0 Å². The third-order valence-corrected chi connectivity index (χ3v) is 16.4. The Morgan fingerprint density at radius 3 is 1.23 bits per heavy atom. The smallest absolute Gasteiger partial charge is 0.331 e. The van der Waals surface area contributed by atoms with Gasteiger partial charge in [-0.2, -0.15) is 11.8 Å². The van der Waals surface area contributed by atoms with E-state index < -0.39 is 132 Å². The van der Waals surface area contributed by atoms with Gasteiger partial charge in [-0.25, -0.2) is 4.79 Å². The molecule has 0 fully saturated rings. The van der Waals surface area contributed by atoms with Crippen molar-refractivity contribution in [1.82, 2.24) is 31.9 Å². The molecule has 0 bridgehead atoms. The van der Waals surface area contributed by atoms with Crippen LogP contribution in [0.15, 0.2) is 0 Å². The fourth-order valence-corrected chi connectivity index (χ4v) is 11.4. The normalized spacial score (nSPS) is 14.1. The molecule has 0 saturated heterocycles. The zero-order chi connectivity index (χ0) is 73.5. The summed E-state index contributed by atoms with van der Waals surface area (Å²) in [6, 6.07) is -5.41. The van der Waals surface area contributed by atoms with E-state index in [0.717, 1.165) is 38.5 Å². The van der Waals surface area contributed by atoms with Gasteiger partial charge in [-0.1, -0.05) is 168 Å². The van der Waals surface area contributed by atoms with Crippen LogP contribution in [0.5, 0.6) is 0 Å². The highest BCUT2D eigenvalue weighted by Gasteiger charge is 2.39. The van der Waals surface area contributed by atoms with Crippen molar-refractivity contribution in [2.24, 2.45) is 5.73 Å². The Kier molecular flexibility index (Phi) is 49.3. The van der Waals surface area contributed by atoms with Gasteiger partial charge in [0.2, 0.25) is 35.4 Å². The molecule has 7 atom stereocenters. The number of thioether (sulfide) groups is 1. The highest BCUT2D eigenvalue weighted by Crippen LogP contribution is 2.21. The van der Waals surface area contributed by atoms with Crippen LogP contribution in [0.4, 0.5) is 0 Å². The molecule has 0 aromatic heterocycles. The summed E-state index contributed by atoms with van der Waals surface area (Å²) in [5, 5.41) is 15.0. The predicted molar refractivity (Wildman–Crippen MR) is 383 cm³/mol. The zero-order valence-corrected chi connectivity index (χ0v) is 63.8. The molecule has 0 rings (SSSR count). The highest BCUT2D eigenvalue weighted by molar-refractivity contribution is 7.99. The van der Waals surface area contributed by atoms with Crippen molar-refractivity contribution >= 4 is 71.1 Å². The van der Waals surface area contributed by atoms with E-state index in [0.29, 0.717) is 12.8 Å². The number of amides is 6. The van der Waals surface area contributed by atoms with Crippen LogP contribution in [0.1, 0.15) is 303 Å². The fraction of sp³-hybridized carbons (Fsp3) is 0.863. The number of carbonyl (C=O) groups excluding carboxylic acids is 10. The Hall–Kier alpha value is -5.07. The first-order valence-corrected chi connectivity index (χ1v) is 37.8. The number of nitrogens with one attached hydrogen (secondary N) is 6. The van der Waals surface area contributed by atoms with Crippen LogP contribution in [0.2, 0.25) is 0 Å². The zero-order valence-electron chi connectivity index (χ0n) is 63.0. The molecule has 0 spiro atoms. The Morgan fingerprint density at radius 2 is 0.794 bits per heavy atom. The van der Waals surface area contributed by atoms with E-state index >= 15 is 0 Å². The largest absolute Gasteiger partial charge is 0.462 e. The minimum atomic E-state index is -1.49. The van der Waals surface area contributed by atoms with E-state index in [1.54, 1.807) is 96.9 Å². The molecule has 0 unspecified atom stereocenters. The molecule has 0 aromatic carbocycles. The molecule has 0 aliphatic rings. The molecule has 0 saturated carbocycles. The van der Waals surface area contributed by atoms with Gasteiger partial charge >= 0.3 is 23.9 Å². The number of unbranched alkanes of at least 4 members (excludes halogenated alkanes) is 24. The molecule has 564 valence electrons. The van der Waals surface area contributed by atoms with E-state index in [4.69, 9.17) is 34.2 Å². The van der Waals surface area contributed by atoms with Crippen LogP contribution in [-0.4, -0.2) is 162 Å². The maximum absolute atomic E-state index is 14.3. The minimum Gasteiger partial charge on any atom is -0.462 e. The maximum atomic E-state index is 14.3. The summed E-state index contributed by atoms with van der Waals surface area (Å²) in [4.78, 5) is 133. The molecular weight excluding hydrogens is 1260 g/mol. The molecular formula is C73H135N7O16S. The Morgan fingerprint density at radius 1 is 0.402 bits per heavy atom. The summed E-state index contributed by atoms with van der Waals surface area (Å²) in [5.74, 6) is -6.81. The summed E-state index contributed by atoms with van der Waals surface area (Å²) in [6.07, 6.45) is 27.9. The van der Waals surface area contributed by atoms with E-state index in [-0.39, 0.29) is 55.7 Å². The van der Waals surface area contributed by atoms with Crippen LogP contribution in [-0.2, 0) is 76.4 Å². The number of ether oxygens (including phenoxy) is 6. The number of nitrogens with two attached hydrogens (primary N) is 1. The van der Waals surface area contributed by atoms with Crippen molar-refractivity contribution in [3.63, 3.8) is 0 Å². The van der Waals surface area contributed by atoms with Gasteiger partial charge in [-0.3, -0.25) is 43.2 Å². The van der Waals surface area contributed by atoms with Crippen LogP contribution < -0.4 is 37.6 Å². The quantitative estimate of drug-likeness (QED) is 0.0169. The second kappa shape index (κ2) is 52.0. The van der Waals surface area contributed by atoms with E-state index in [1.165, 1.54) is 127 Å². The number of hydrogen-bond acceptors (Lipinski definition) is 18. The lowest BCUT2D eigenvalue weighted by molar-refractivity contribution is -0.167. The third-order valence-electron chi connectivity index (χ3n) is 15.2. The number of rotatable bonds is 55. The number of carbonyl (C=O) groups is 10. The first-order chi connectivity index (χ1) is 45.4. The molecule has 0 aromatic rings. The van der Waals surface area contributed by atoms with Crippen LogP contribution in [0.25, 0.3) is 0 Å². The van der Waals surface area contributed by atoms with Crippen molar-refractivity contribution < 1.29 is 76.4 Å². The Bertz CT molecular complexity index is 2260. The molecule has 0 aliphatic carbocycles. The lowest BCUT2D eigenvalue weighted by atomic mass is 10.0. The van der Waals surface area contributed by atoms with Crippen molar-refractivity contribution in [3.05, 3.63) is 0 Å². The van der Waals surface area contributed by atoms with E-state index in [1.807, 2.05) is 0 Å². The summed E-state index contributed by atoms with van der Waals surface area (Å²) >= 11 is 1.23. The average Bonchev–Trinajstić information content (AvgIpc) is 0.839. The molecule has 24 heteroatoms. The summed E-state index contributed by atoms with van der Waals surface area (Å²) in [6.45, 7) is 26.2. The summed E-state index contributed by atoms with van der Waals surface area (Å²) in [5.41, 5.74) is 2.82. The molecule has 0 heterocycles. The van der Waals surface area contributed by atoms with Gasteiger partial charge in [0, 0.05) is 30.8 Å². The minimum absolute atomic E-state index is 0.0746. The second-order valence-electron chi connectivity index (χ2n) is 29.8. The topological polar surface area (TPSA) is 324 Å². The maximum Gasteiger partial charge on any atom is 0.331 e. The molecule has 23 nitrogen and oxygen atoms in total. The summed E-state index contributed by atoms with van der Waals surface area (Å²) in [7, 11) is 0. The third kappa shape index (κ3) is 53.5. The monoisotopic (exact) mass is 1400 g/mol. The van der Waals surface area contributed by atoms with Crippen molar-refractivity contribution in [2.75, 3.05) is 37.7 Å². The second-order valence-corrected chi connectivity index (χ2v) is 30.9. The molecule has 0 radical (unpaired) electrons. The van der Waals surface area contributed by atoms with Gasteiger partial charge in [-0.15, -0.1) is 0 Å².